The Morgan fingerprint density at radius 3 is 2.62 bits per heavy atom. The fourth-order valence-electron chi connectivity index (χ4n) is 4.56. The third kappa shape index (κ3) is 2.98. The number of fused-ring (bicyclic) bond motifs is 2. The van der Waals surface area contributed by atoms with E-state index >= 15 is 0 Å². The number of aromatic amines is 1. The minimum atomic E-state index is -0.0570. The number of benzene rings is 2. The van der Waals surface area contributed by atoms with Gasteiger partial charge in [0.1, 0.15) is 5.65 Å². The monoisotopic (exact) mass is 420 g/mol. The van der Waals surface area contributed by atoms with Crippen molar-refractivity contribution in [2.24, 2.45) is 0 Å². The fourth-order valence-corrected chi connectivity index (χ4v) is 4.56. The summed E-state index contributed by atoms with van der Waals surface area (Å²) in [5, 5.41) is 7.79. The van der Waals surface area contributed by atoms with E-state index in [4.69, 9.17) is 4.98 Å². The summed E-state index contributed by atoms with van der Waals surface area (Å²) >= 11 is 0. The van der Waals surface area contributed by atoms with Crippen LogP contribution in [0.2, 0.25) is 0 Å². The van der Waals surface area contributed by atoms with Crippen molar-refractivity contribution in [2.75, 3.05) is 4.90 Å². The lowest BCUT2D eigenvalue weighted by Crippen LogP contribution is -2.25. The van der Waals surface area contributed by atoms with Gasteiger partial charge in [0, 0.05) is 29.5 Å². The molecule has 0 bridgehead atoms. The molecule has 7 nitrogen and oxygen atoms in total. The minimum Gasteiger partial charge on any atom is -0.285 e. The molecule has 0 fully saturated rings. The third-order valence-corrected chi connectivity index (χ3v) is 6.02. The number of hydrogen-bond acceptors (Lipinski definition) is 5. The summed E-state index contributed by atoms with van der Waals surface area (Å²) in [4.78, 5) is 24.6. The Kier molecular flexibility index (Phi) is 4.31. The van der Waals surface area contributed by atoms with Crippen LogP contribution in [0.25, 0.3) is 11.0 Å². The topological polar surface area (TPSA) is 79.7 Å². The standard InChI is InChI=1S/C25H20N6O/c32-23-13-11-18-14-26-25(30(20-15-27-28-16-20)19-7-2-1-3-8-19)29-24(18)31(23)22-12-10-17-6-4-5-9-21(17)22/h1-9,11,13-16,22H,10,12H2,(H,27,28). The summed E-state index contributed by atoms with van der Waals surface area (Å²) in [6.07, 6.45) is 7.14. The first-order valence-electron chi connectivity index (χ1n) is 10.6. The SMILES string of the molecule is O=c1ccc2cnc(N(c3ccccc3)c3cn[nH]c3)nc2n1C1CCc2ccccc21. The zero-order valence-corrected chi connectivity index (χ0v) is 17.2. The van der Waals surface area contributed by atoms with Crippen LogP contribution in [0.3, 0.4) is 0 Å². The summed E-state index contributed by atoms with van der Waals surface area (Å²) in [6.45, 7) is 0. The maximum atomic E-state index is 13.1. The predicted octanol–water partition coefficient (Wildman–Crippen LogP) is 4.52. The molecule has 1 unspecified atom stereocenters. The Morgan fingerprint density at radius 1 is 0.938 bits per heavy atom. The molecular weight excluding hydrogens is 400 g/mol. The average Bonchev–Trinajstić information content (AvgIpc) is 3.51. The van der Waals surface area contributed by atoms with Crippen LogP contribution in [0.4, 0.5) is 17.3 Å². The van der Waals surface area contributed by atoms with Crippen LogP contribution in [-0.4, -0.2) is 24.7 Å². The molecule has 0 radical (unpaired) electrons. The Bertz CT molecular complexity index is 1460. The number of aryl methyl sites for hydroxylation is 1. The highest BCUT2D eigenvalue weighted by Crippen LogP contribution is 2.36. The molecule has 1 aliphatic carbocycles. The molecule has 5 aromatic rings. The van der Waals surface area contributed by atoms with E-state index in [-0.39, 0.29) is 11.6 Å². The second-order valence-electron chi connectivity index (χ2n) is 7.87. The predicted molar refractivity (Wildman–Crippen MR) is 124 cm³/mol. The molecule has 3 aromatic heterocycles. The van der Waals surface area contributed by atoms with Gasteiger partial charge in [-0.05, 0) is 42.2 Å². The van der Waals surface area contributed by atoms with Gasteiger partial charge in [0.2, 0.25) is 5.95 Å². The number of nitrogens with one attached hydrogen (secondary N) is 1. The molecule has 0 saturated carbocycles. The van der Waals surface area contributed by atoms with Gasteiger partial charge in [-0.2, -0.15) is 10.1 Å². The highest BCUT2D eigenvalue weighted by molar-refractivity contribution is 5.79. The molecule has 1 aliphatic rings. The van der Waals surface area contributed by atoms with Crippen molar-refractivity contribution in [3.8, 4) is 0 Å². The van der Waals surface area contributed by atoms with Gasteiger partial charge in [-0.1, -0.05) is 42.5 Å². The minimum absolute atomic E-state index is 0.0377. The Labute approximate surface area is 184 Å². The molecule has 6 rings (SSSR count). The molecule has 1 N–H and O–H groups in total. The number of H-pyrrole nitrogens is 1. The lowest BCUT2D eigenvalue weighted by Gasteiger charge is -2.22. The van der Waals surface area contributed by atoms with Crippen LogP contribution < -0.4 is 10.5 Å². The maximum Gasteiger partial charge on any atom is 0.252 e. The average molecular weight is 420 g/mol. The zero-order valence-electron chi connectivity index (χ0n) is 17.2. The second kappa shape index (κ2) is 7.46. The maximum absolute atomic E-state index is 13.1. The van der Waals surface area contributed by atoms with Crippen molar-refractivity contribution in [3.63, 3.8) is 0 Å². The Hall–Kier alpha value is -4.26. The number of para-hydroxylation sites is 1. The number of pyridine rings is 1. The van der Waals surface area contributed by atoms with E-state index in [9.17, 15) is 4.79 Å². The van der Waals surface area contributed by atoms with E-state index in [1.807, 2.05) is 45.9 Å². The number of rotatable bonds is 4. The molecule has 3 heterocycles. The number of nitrogens with zero attached hydrogens (tertiary/aromatic N) is 5. The second-order valence-corrected chi connectivity index (χ2v) is 7.87. The van der Waals surface area contributed by atoms with E-state index < -0.39 is 0 Å². The van der Waals surface area contributed by atoms with Crippen LogP contribution in [-0.2, 0) is 6.42 Å². The van der Waals surface area contributed by atoms with Gasteiger partial charge in [0.05, 0.1) is 17.9 Å². The smallest absolute Gasteiger partial charge is 0.252 e. The highest BCUT2D eigenvalue weighted by Gasteiger charge is 2.26. The molecule has 0 aliphatic heterocycles. The van der Waals surface area contributed by atoms with Crippen molar-refractivity contribution < 1.29 is 0 Å². The van der Waals surface area contributed by atoms with Gasteiger partial charge in [0.15, 0.2) is 0 Å². The van der Waals surface area contributed by atoms with Crippen molar-refractivity contribution >= 4 is 28.4 Å². The lowest BCUT2D eigenvalue weighted by molar-refractivity contribution is 0.576. The molecule has 2 aromatic carbocycles. The molecular formula is C25H20N6O. The number of aromatic nitrogens is 5. The zero-order chi connectivity index (χ0) is 21.5. The van der Waals surface area contributed by atoms with Crippen molar-refractivity contribution in [3.05, 3.63) is 107 Å². The van der Waals surface area contributed by atoms with Gasteiger partial charge in [0.25, 0.3) is 5.56 Å². The van der Waals surface area contributed by atoms with E-state index in [0.717, 1.165) is 29.6 Å². The summed E-state index contributed by atoms with van der Waals surface area (Å²) in [6, 6.07) is 21.6. The quantitative estimate of drug-likeness (QED) is 0.462. The van der Waals surface area contributed by atoms with Crippen molar-refractivity contribution in [1.82, 2.24) is 24.7 Å². The summed E-state index contributed by atoms with van der Waals surface area (Å²) in [5.74, 6) is 0.482. The fraction of sp³-hybridized carbons (Fsp3) is 0.120. The first-order valence-corrected chi connectivity index (χ1v) is 10.6. The van der Waals surface area contributed by atoms with Gasteiger partial charge < -0.3 is 0 Å². The van der Waals surface area contributed by atoms with Crippen LogP contribution in [0.1, 0.15) is 23.6 Å². The summed E-state index contributed by atoms with van der Waals surface area (Å²) in [5.41, 5.74) is 4.78. The van der Waals surface area contributed by atoms with Crippen LogP contribution >= 0.6 is 0 Å². The number of anilines is 3. The van der Waals surface area contributed by atoms with Crippen LogP contribution in [0.5, 0.6) is 0 Å². The van der Waals surface area contributed by atoms with E-state index in [0.29, 0.717) is 11.6 Å². The first-order chi connectivity index (χ1) is 15.8. The summed E-state index contributed by atoms with van der Waals surface area (Å²) in [7, 11) is 0. The van der Waals surface area contributed by atoms with Gasteiger partial charge in [-0.3, -0.25) is 19.4 Å². The summed E-state index contributed by atoms with van der Waals surface area (Å²) < 4.78 is 1.82. The largest absolute Gasteiger partial charge is 0.285 e. The van der Waals surface area contributed by atoms with Gasteiger partial charge in [-0.15, -0.1) is 0 Å². The Balaban J connectivity index is 1.56. The van der Waals surface area contributed by atoms with E-state index in [1.54, 1.807) is 30.7 Å². The van der Waals surface area contributed by atoms with E-state index in [1.165, 1.54) is 11.1 Å². The normalized spacial score (nSPS) is 15.1. The van der Waals surface area contributed by atoms with E-state index in [2.05, 4.69) is 33.4 Å². The van der Waals surface area contributed by atoms with Crippen molar-refractivity contribution in [2.45, 2.75) is 18.9 Å². The molecule has 1 atom stereocenters. The third-order valence-electron chi connectivity index (χ3n) is 6.02. The molecule has 0 saturated heterocycles. The van der Waals surface area contributed by atoms with Gasteiger partial charge in [-0.25, -0.2) is 4.98 Å². The molecule has 32 heavy (non-hydrogen) atoms. The highest BCUT2D eigenvalue weighted by atomic mass is 16.1. The molecule has 7 heteroatoms. The molecule has 0 amide bonds. The van der Waals surface area contributed by atoms with Crippen LogP contribution in [0.15, 0.2) is 90.1 Å². The molecule has 0 spiro atoms. The Morgan fingerprint density at radius 2 is 1.78 bits per heavy atom. The van der Waals surface area contributed by atoms with Gasteiger partial charge >= 0.3 is 0 Å². The molecule has 156 valence electrons. The lowest BCUT2D eigenvalue weighted by atomic mass is 10.1. The van der Waals surface area contributed by atoms with Crippen LogP contribution in [0, 0.1) is 0 Å². The first kappa shape index (κ1) is 18.5. The number of hydrogen-bond donors (Lipinski definition) is 1. The van der Waals surface area contributed by atoms with Crippen molar-refractivity contribution in [1.29, 1.82) is 0 Å².